The Kier molecular flexibility index (Phi) is 3.65. The van der Waals surface area contributed by atoms with Gasteiger partial charge in [-0.05, 0) is 12.1 Å². The number of nitrogens with zero attached hydrogens (tertiary/aromatic N) is 1. The Morgan fingerprint density at radius 1 is 1.26 bits per heavy atom. The third kappa shape index (κ3) is 2.79. The quantitative estimate of drug-likeness (QED) is 0.790. The molecule has 1 aliphatic rings. The van der Waals surface area contributed by atoms with Crippen LogP contribution in [0.25, 0.3) is 0 Å². The molecule has 1 saturated heterocycles. The van der Waals surface area contributed by atoms with Gasteiger partial charge in [0.2, 0.25) is 15.9 Å². The van der Waals surface area contributed by atoms with E-state index in [1.165, 1.54) is 17.0 Å². The van der Waals surface area contributed by atoms with Crippen molar-refractivity contribution >= 4 is 50.5 Å². The lowest BCUT2D eigenvalue weighted by atomic mass is 10.2. The second kappa shape index (κ2) is 4.82. The molecular weight excluding hydrogens is 313 g/mol. The Bertz CT molecular complexity index is 648. The van der Waals surface area contributed by atoms with Crippen molar-refractivity contribution < 1.29 is 13.2 Å². The highest BCUT2D eigenvalue weighted by molar-refractivity contribution is 7.89. The van der Waals surface area contributed by atoms with E-state index in [1.807, 2.05) is 0 Å². The summed E-state index contributed by atoms with van der Waals surface area (Å²) < 4.78 is 22.6. The minimum Gasteiger partial charge on any atom is -0.397 e. The predicted molar refractivity (Wildman–Crippen MR) is 74.7 cm³/mol. The number of sulfonamides is 1. The van der Waals surface area contributed by atoms with Crippen molar-refractivity contribution in [3.05, 3.63) is 22.2 Å². The zero-order valence-corrected chi connectivity index (χ0v) is 12.0. The van der Waals surface area contributed by atoms with Crippen LogP contribution in [0.5, 0.6) is 0 Å². The van der Waals surface area contributed by atoms with Gasteiger partial charge in [0.05, 0.1) is 21.4 Å². The van der Waals surface area contributed by atoms with Gasteiger partial charge in [-0.1, -0.05) is 23.2 Å². The lowest BCUT2D eigenvalue weighted by molar-refractivity contribution is -0.117. The fourth-order valence-corrected chi connectivity index (χ4v) is 3.05. The number of primary sulfonamides is 1. The summed E-state index contributed by atoms with van der Waals surface area (Å²) in [7, 11) is -3.77. The van der Waals surface area contributed by atoms with Gasteiger partial charge in [0.15, 0.2) is 0 Å². The molecule has 1 amide bonds. The first kappa shape index (κ1) is 14.4. The Hall–Kier alpha value is -1.02. The van der Waals surface area contributed by atoms with Crippen LogP contribution in [0.2, 0.25) is 10.0 Å². The molecule has 4 N–H and O–H groups in total. The molecule has 2 rings (SSSR count). The number of hydrogen-bond acceptors (Lipinski definition) is 4. The number of hydrogen-bond donors (Lipinski definition) is 2. The maximum absolute atomic E-state index is 11.9. The van der Waals surface area contributed by atoms with Crippen LogP contribution in [0.3, 0.4) is 0 Å². The van der Waals surface area contributed by atoms with Crippen molar-refractivity contribution in [2.75, 3.05) is 17.2 Å². The highest BCUT2D eigenvalue weighted by atomic mass is 35.5. The summed E-state index contributed by atoms with van der Waals surface area (Å²) in [5.41, 5.74) is 6.20. The monoisotopic (exact) mass is 323 g/mol. The predicted octanol–water partition coefficient (Wildman–Crippen LogP) is 0.969. The molecule has 19 heavy (non-hydrogen) atoms. The van der Waals surface area contributed by atoms with Gasteiger partial charge in [0.1, 0.15) is 5.25 Å². The summed E-state index contributed by atoms with van der Waals surface area (Å²) in [6.07, 6.45) is -0.169. The molecule has 1 aliphatic heterocycles. The number of carbonyl (C=O) groups is 1. The van der Waals surface area contributed by atoms with Gasteiger partial charge in [-0.2, -0.15) is 0 Å². The van der Waals surface area contributed by atoms with Crippen LogP contribution >= 0.6 is 23.2 Å². The number of benzene rings is 1. The summed E-state index contributed by atoms with van der Waals surface area (Å²) in [6.45, 7) is -0.0440. The number of rotatable bonds is 2. The Morgan fingerprint density at radius 3 is 2.42 bits per heavy atom. The van der Waals surface area contributed by atoms with Crippen LogP contribution < -0.4 is 15.8 Å². The lowest BCUT2D eigenvalue weighted by Gasteiger charge is -2.18. The minimum atomic E-state index is -3.77. The summed E-state index contributed by atoms with van der Waals surface area (Å²) in [6, 6.07) is 2.85. The van der Waals surface area contributed by atoms with E-state index < -0.39 is 15.3 Å². The summed E-state index contributed by atoms with van der Waals surface area (Å²) in [5, 5.41) is 4.58. The third-order valence-corrected chi connectivity index (χ3v) is 4.79. The fourth-order valence-electron chi connectivity index (χ4n) is 1.89. The normalized spacial score (nSPS) is 20.1. The number of amides is 1. The first-order chi connectivity index (χ1) is 8.70. The first-order valence-electron chi connectivity index (χ1n) is 5.26. The van der Waals surface area contributed by atoms with Crippen LogP contribution in [0, 0.1) is 0 Å². The van der Waals surface area contributed by atoms with Crippen LogP contribution in [-0.2, 0) is 14.8 Å². The van der Waals surface area contributed by atoms with Gasteiger partial charge in [-0.3, -0.25) is 4.79 Å². The van der Waals surface area contributed by atoms with Gasteiger partial charge in [0.25, 0.3) is 0 Å². The average Bonchev–Trinajstić information content (AvgIpc) is 2.65. The van der Waals surface area contributed by atoms with E-state index in [0.29, 0.717) is 5.69 Å². The summed E-state index contributed by atoms with van der Waals surface area (Å²) in [4.78, 5) is 13.1. The van der Waals surface area contributed by atoms with Crippen LogP contribution in [0.4, 0.5) is 11.4 Å². The van der Waals surface area contributed by atoms with Gasteiger partial charge in [0, 0.05) is 13.0 Å². The van der Waals surface area contributed by atoms with Gasteiger partial charge < -0.3 is 10.6 Å². The van der Waals surface area contributed by atoms with E-state index in [4.69, 9.17) is 34.1 Å². The molecule has 1 heterocycles. The third-order valence-electron chi connectivity index (χ3n) is 2.91. The second-order valence-electron chi connectivity index (χ2n) is 4.24. The van der Waals surface area contributed by atoms with E-state index in [0.717, 1.165) is 0 Å². The highest BCUT2D eigenvalue weighted by Gasteiger charge is 2.38. The van der Waals surface area contributed by atoms with Crippen LogP contribution in [-0.4, -0.2) is 26.1 Å². The Balaban J connectivity index is 2.39. The molecule has 1 fully saturated rings. The second-order valence-corrected chi connectivity index (χ2v) is 6.90. The molecule has 1 aromatic carbocycles. The lowest BCUT2D eigenvalue weighted by Crippen LogP contribution is -2.32. The molecule has 6 nitrogen and oxygen atoms in total. The summed E-state index contributed by atoms with van der Waals surface area (Å²) >= 11 is 11.9. The molecule has 0 saturated carbocycles. The molecular formula is C10H11Cl2N3O3S. The number of halogens is 2. The van der Waals surface area contributed by atoms with Crippen molar-refractivity contribution in [2.24, 2.45) is 5.14 Å². The van der Waals surface area contributed by atoms with E-state index >= 15 is 0 Å². The molecule has 0 radical (unpaired) electrons. The van der Waals surface area contributed by atoms with E-state index in [2.05, 4.69) is 0 Å². The fraction of sp³-hybridized carbons (Fsp3) is 0.300. The molecule has 1 atom stereocenters. The standard InChI is InChI=1S/C10H11Cl2N3O3S/c11-6-3-9(7(12)2-8(6)13)15-4-5(1-10(15)16)19(14,17)18/h2-3,5H,1,4,13H2,(H2,14,17,18). The van der Waals surface area contributed by atoms with Crippen LogP contribution in [0.1, 0.15) is 6.42 Å². The van der Waals surface area contributed by atoms with Gasteiger partial charge in [-0.25, -0.2) is 13.6 Å². The molecule has 0 bridgehead atoms. The maximum atomic E-state index is 11.9. The number of nitrogen functional groups attached to an aromatic ring is 1. The van der Waals surface area contributed by atoms with E-state index in [1.54, 1.807) is 0 Å². The van der Waals surface area contributed by atoms with Crippen molar-refractivity contribution in [1.82, 2.24) is 0 Å². The summed E-state index contributed by atoms with van der Waals surface area (Å²) in [5.74, 6) is -0.373. The SMILES string of the molecule is Nc1cc(Cl)c(N2CC(S(N)(=O)=O)CC2=O)cc1Cl. The van der Waals surface area contributed by atoms with Gasteiger partial charge in [-0.15, -0.1) is 0 Å². The minimum absolute atomic E-state index is 0.0440. The average molecular weight is 324 g/mol. The van der Waals surface area contributed by atoms with Gasteiger partial charge >= 0.3 is 0 Å². The van der Waals surface area contributed by atoms with Crippen molar-refractivity contribution in [2.45, 2.75) is 11.7 Å². The van der Waals surface area contributed by atoms with E-state index in [9.17, 15) is 13.2 Å². The number of nitrogens with two attached hydrogens (primary N) is 2. The maximum Gasteiger partial charge on any atom is 0.228 e. The molecule has 1 aromatic rings. The van der Waals surface area contributed by atoms with Crippen LogP contribution in [0.15, 0.2) is 12.1 Å². The van der Waals surface area contributed by atoms with Crippen molar-refractivity contribution in [3.63, 3.8) is 0 Å². The molecule has 9 heteroatoms. The van der Waals surface area contributed by atoms with Crippen molar-refractivity contribution in [3.8, 4) is 0 Å². The molecule has 1 unspecified atom stereocenters. The number of carbonyl (C=O) groups excluding carboxylic acids is 1. The van der Waals surface area contributed by atoms with Crippen molar-refractivity contribution in [1.29, 1.82) is 0 Å². The topological polar surface area (TPSA) is 106 Å². The Morgan fingerprint density at radius 2 is 1.89 bits per heavy atom. The smallest absolute Gasteiger partial charge is 0.228 e. The molecule has 0 aliphatic carbocycles. The number of anilines is 2. The molecule has 0 spiro atoms. The molecule has 0 aromatic heterocycles. The Labute approximate surface area is 120 Å². The van der Waals surface area contributed by atoms with E-state index in [-0.39, 0.29) is 34.6 Å². The zero-order valence-electron chi connectivity index (χ0n) is 9.64. The largest absolute Gasteiger partial charge is 0.397 e. The highest BCUT2D eigenvalue weighted by Crippen LogP contribution is 2.35. The first-order valence-corrected chi connectivity index (χ1v) is 7.63. The molecule has 104 valence electrons. The zero-order chi connectivity index (χ0) is 14.4.